The SMILES string of the molecule is COc1ccc([C@H](N)c2ccc(OCC(=O)NCc3ccc(C)cc3)cc2)c(OC)c1. The molecule has 0 aliphatic heterocycles. The highest BCUT2D eigenvalue weighted by Crippen LogP contribution is 2.32. The predicted octanol–water partition coefficient (Wildman–Crippen LogP) is 3.76. The van der Waals surface area contributed by atoms with Crippen LogP contribution in [0.3, 0.4) is 0 Å². The number of nitrogens with two attached hydrogens (primary N) is 1. The van der Waals surface area contributed by atoms with Gasteiger partial charge in [-0.05, 0) is 42.3 Å². The Morgan fingerprint density at radius 3 is 2.26 bits per heavy atom. The molecule has 0 heterocycles. The minimum absolute atomic E-state index is 0.0520. The summed E-state index contributed by atoms with van der Waals surface area (Å²) in [5, 5.41) is 2.85. The third-order valence-electron chi connectivity index (χ3n) is 5.00. The number of methoxy groups -OCH3 is 2. The minimum Gasteiger partial charge on any atom is -0.497 e. The largest absolute Gasteiger partial charge is 0.497 e. The zero-order chi connectivity index (χ0) is 22.2. The summed E-state index contributed by atoms with van der Waals surface area (Å²) in [7, 11) is 3.21. The molecule has 0 bridgehead atoms. The van der Waals surface area contributed by atoms with Crippen molar-refractivity contribution in [3.63, 3.8) is 0 Å². The Labute approximate surface area is 182 Å². The van der Waals surface area contributed by atoms with E-state index in [0.717, 1.165) is 16.7 Å². The fraction of sp³-hybridized carbons (Fsp3) is 0.240. The molecule has 0 fully saturated rings. The molecule has 0 aliphatic carbocycles. The molecule has 3 aromatic carbocycles. The monoisotopic (exact) mass is 420 g/mol. The molecule has 0 saturated carbocycles. The lowest BCUT2D eigenvalue weighted by Crippen LogP contribution is -2.28. The summed E-state index contributed by atoms with van der Waals surface area (Å²) in [4.78, 5) is 12.1. The minimum atomic E-state index is -0.368. The van der Waals surface area contributed by atoms with Gasteiger partial charge in [-0.3, -0.25) is 4.79 Å². The van der Waals surface area contributed by atoms with Crippen molar-refractivity contribution in [2.45, 2.75) is 19.5 Å². The van der Waals surface area contributed by atoms with Gasteiger partial charge in [-0.15, -0.1) is 0 Å². The highest BCUT2D eigenvalue weighted by Gasteiger charge is 2.15. The summed E-state index contributed by atoms with van der Waals surface area (Å²) in [6.07, 6.45) is 0. The van der Waals surface area contributed by atoms with Crippen LogP contribution in [0.4, 0.5) is 0 Å². The van der Waals surface area contributed by atoms with Gasteiger partial charge in [-0.25, -0.2) is 0 Å². The Kier molecular flexibility index (Phi) is 7.51. The van der Waals surface area contributed by atoms with Crippen molar-refractivity contribution in [3.05, 3.63) is 89.0 Å². The van der Waals surface area contributed by atoms with Crippen molar-refractivity contribution < 1.29 is 19.0 Å². The summed E-state index contributed by atoms with van der Waals surface area (Å²) < 4.78 is 16.3. The molecule has 0 aromatic heterocycles. The number of amides is 1. The molecule has 3 aromatic rings. The lowest BCUT2D eigenvalue weighted by atomic mass is 9.98. The summed E-state index contributed by atoms with van der Waals surface area (Å²) >= 11 is 0. The Bertz CT molecular complexity index is 1000. The fourth-order valence-corrected chi connectivity index (χ4v) is 3.13. The van der Waals surface area contributed by atoms with Crippen LogP contribution in [-0.4, -0.2) is 26.7 Å². The molecule has 31 heavy (non-hydrogen) atoms. The molecular formula is C25H28N2O4. The van der Waals surface area contributed by atoms with Gasteiger partial charge in [-0.1, -0.05) is 42.0 Å². The van der Waals surface area contributed by atoms with Gasteiger partial charge in [0.15, 0.2) is 6.61 Å². The van der Waals surface area contributed by atoms with Crippen LogP contribution in [0.2, 0.25) is 0 Å². The Morgan fingerprint density at radius 2 is 1.61 bits per heavy atom. The number of carbonyl (C=O) groups excluding carboxylic acids is 1. The average Bonchev–Trinajstić information content (AvgIpc) is 2.81. The first kappa shape index (κ1) is 22.2. The number of ether oxygens (including phenoxy) is 3. The van der Waals surface area contributed by atoms with Crippen LogP contribution >= 0.6 is 0 Å². The van der Waals surface area contributed by atoms with E-state index in [4.69, 9.17) is 19.9 Å². The number of carbonyl (C=O) groups is 1. The first-order valence-corrected chi connectivity index (χ1v) is 10.0. The van der Waals surface area contributed by atoms with Crippen LogP contribution in [0.25, 0.3) is 0 Å². The molecule has 6 nitrogen and oxygen atoms in total. The van der Waals surface area contributed by atoms with Gasteiger partial charge in [0.05, 0.1) is 20.3 Å². The molecule has 0 spiro atoms. The maximum atomic E-state index is 12.1. The van der Waals surface area contributed by atoms with Crippen LogP contribution in [0, 0.1) is 6.92 Å². The number of hydrogen-bond donors (Lipinski definition) is 2. The molecule has 3 rings (SSSR count). The van der Waals surface area contributed by atoms with Gasteiger partial charge < -0.3 is 25.3 Å². The van der Waals surface area contributed by atoms with Crippen molar-refractivity contribution in [1.29, 1.82) is 0 Å². The van der Waals surface area contributed by atoms with Gasteiger partial charge in [0.25, 0.3) is 5.91 Å². The number of aryl methyl sites for hydroxylation is 1. The van der Waals surface area contributed by atoms with E-state index >= 15 is 0 Å². The van der Waals surface area contributed by atoms with E-state index in [-0.39, 0.29) is 18.6 Å². The maximum absolute atomic E-state index is 12.1. The van der Waals surface area contributed by atoms with Gasteiger partial charge in [0.1, 0.15) is 17.2 Å². The summed E-state index contributed by atoms with van der Waals surface area (Å²) in [5.41, 5.74) is 10.4. The summed E-state index contributed by atoms with van der Waals surface area (Å²) in [6.45, 7) is 2.45. The zero-order valence-corrected chi connectivity index (χ0v) is 18.1. The summed E-state index contributed by atoms with van der Waals surface area (Å²) in [6, 6.07) is 20.6. The smallest absolute Gasteiger partial charge is 0.258 e. The first-order valence-electron chi connectivity index (χ1n) is 10.0. The van der Waals surface area contributed by atoms with Gasteiger partial charge in [-0.2, -0.15) is 0 Å². The van der Waals surface area contributed by atoms with Gasteiger partial charge in [0.2, 0.25) is 0 Å². The van der Waals surface area contributed by atoms with Gasteiger partial charge >= 0.3 is 0 Å². The third-order valence-corrected chi connectivity index (χ3v) is 5.00. The molecule has 1 atom stereocenters. The Hall–Kier alpha value is -3.51. The highest BCUT2D eigenvalue weighted by atomic mass is 16.5. The van der Waals surface area contributed by atoms with Crippen LogP contribution in [0.5, 0.6) is 17.2 Å². The van der Waals surface area contributed by atoms with Crippen molar-refractivity contribution in [1.82, 2.24) is 5.32 Å². The first-order chi connectivity index (χ1) is 15.0. The Balaban J connectivity index is 1.55. The second kappa shape index (κ2) is 10.5. The van der Waals surface area contributed by atoms with Crippen molar-refractivity contribution in [3.8, 4) is 17.2 Å². The van der Waals surface area contributed by atoms with Crippen molar-refractivity contribution in [2.75, 3.05) is 20.8 Å². The summed E-state index contributed by atoms with van der Waals surface area (Å²) in [5.74, 6) is 1.79. The topological polar surface area (TPSA) is 82.8 Å². The molecule has 0 radical (unpaired) electrons. The second-order valence-electron chi connectivity index (χ2n) is 7.21. The van der Waals surface area contributed by atoms with E-state index in [2.05, 4.69) is 5.32 Å². The lowest BCUT2D eigenvalue weighted by molar-refractivity contribution is -0.123. The quantitative estimate of drug-likeness (QED) is 0.551. The third kappa shape index (κ3) is 5.99. The van der Waals surface area contributed by atoms with E-state index in [1.165, 1.54) is 5.56 Å². The molecule has 0 saturated heterocycles. The van der Waals surface area contributed by atoms with Crippen molar-refractivity contribution >= 4 is 5.91 Å². The lowest BCUT2D eigenvalue weighted by Gasteiger charge is -2.17. The van der Waals surface area contributed by atoms with Crippen molar-refractivity contribution in [2.24, 2.45) is 5.73 Å². The molecule has 6 heteroatoms. The molecule has 0 unspecified atom stereocenters. The molecule has 162 valence electrons. The van der Waals surface area contributed by atoms with Crippen LogP contribution in [-0.2, 0) is 11.3 Å². The fourth-order valence-electron chi connectivity index (χ4n) is 3.13. The molecular weight excluding hydrogens is 392 g/mol. The number of benzene rings is 3. The predicted molar refractivity (Wildman–Crippen MR) is 121 cm³/mol. The number of nitrogens with one attached hydrogen (secondary N) is 1. The standard InChI is InChI=1S/C25H28N2O4/c1-17-4-6-18(7-5-17)15-27-24(28)16-31-20-10-8-19(9-11-20)25(26)22-13-12-21(29-2)14-23(22)30-3/h4-14,25H,15-16,26H2,1-3H3,(H,27,28)/t25-/m1/s1. The second-order valence-corrected chi connectivity index (χ2v) is 7.21. The normalized spacial score (nSPS) is 11.5. The number of rotatable bonds is 9. The molecule has 3 N–H and O–H groups in total. The number of hydrogen-bond acceptors (Lipinski definition) is 5. The zero-order valence-electron chi connectivity index (χ0n) is 18.1. The Morgan fingerprint density at radius 1 is 0.935 bits per heavy atom. The van der Waals surface area contributed by atoms with E-state index < -0.39 is 0 Å². The average molecular weight is 421 g/mol. The van der Waals surface area contributed by atoms with E-state index in [1.54, 1.807) is 26.4 Å². The van der Waals surface area contributed by atoms with E-state index in [1.807, 2.05) is 61.5 Å². The van der Waals surface area contributed by atoms with Crippen LogP contribution < -0.4 is 25.3 Å². The van der Waals surface area contributed by atoms with Gasteiger partial charge in [0, 0.05) is 18.2 Å². The highest BCUT2D eigenvalue weighted by molar-refractivity contribution is 5.77. The van der Waals surface area contributed by atoms with E-state index in [0.29, 0.717) is 23.8 Å². The molecule has 0 aliphatic rings. The van der Waals surface area contributed by atoms with Crippen LogP contribution in [0.1, 0.15) is 28.3 Å². The molecule has 1 amide bonds. The van der Waals surface area contributed by atoms with E-state index in [9.17, 15) is 4.79 Å². The van der Waals surface area contributed by atoms with Crippen LogP contribution in [0.15, 0.2) is 66.7 Å². The maximum Gasteiger partial charge on any atom is 0.258 e.